The molecule has 1 aliphatic heterocycles. The number of nitrogens with zero attached hydrogens (tertiary/aromatic N) is 5. The molecule has 0 aromatic carbocycles. The van der Waals surface area contributed by atoms with Crippen LogP contribution in [0.5, 0.6) is 0 Å². The molecule has 0 fully saturated rings. The molecule has 2 aromatic heterocycles. The zero-order valence-electron chi connectivity index (χ0n) is 13.2. The molecule has 0 spiro atoms. The van der Waals surface area contributed by atoms with Gasteiger partial charge in [-0.25, -0.2) is 9.97 Å². The number of aromatic nitrogens is 3. The van der Waals surface area contributed by atoms with Gasteiger partial charge in [-0.15, -0.1) is 0 Å². The molecule has 7 heteroatoms. The summed E-state index contributed by atoms with van der Waals surface area (Å²) in [6.45, 7) is 0.478. The first-order valence-electron chi connectivity index (χ1n) is 7.47. The van der Waals surface area contributed by atoms with Crippen molar-refractivity contribution in [2.75, 3.05) is 32.1 Å². The number of hydrogen-bond acceptors (Lipinski definition) is 6. The fourth-order valence-electron chi connectivity index (χ4n) is 2.70. The molecule has 7 nitrogen and oxygen atoms in total. The van der Waals surface area contributed by atoms with E-state index in [1.54, 1.807) is 11.1 Å². The van der Waals surface area contributed by atoms with Gasteiger partial charge in [-0.3, -0.25) is 9.78 Å². The lowest BCUT2D eigenvalue weighted by molar-refractivity contribution is -0.135. The van der Waals surface area contributed by atoms with Crippen LogP contribution >= 0.6 is 0 Å². The molecule has 0 radical (unpaired) electrons. The van der Waals surface area contributed by atoms with E-state index >= 15 is 0 Å². The van der Waals surface area contributed by atoms with Gasteiger partial charge in [0.2, 0.25) is 5.91 Å². The van der Waals surface area contributed by atoms with Crippen molar-refractivity contribution in [2.45, 2.75) is 13.0 Å². The standard InChI is InChI=1S/C16H19N5O2/c1-20(2)16-11-6-8-21(14(23)10-22)9-13(11)18-15(19-16)12-5-3-4-7-17-12/h3-5,7,22H,6,8-10H2,1-2H3. The van der Waals surface area contributed by atoms with Gasteiger partial charge in [0.15, 0.2) is 5.82 Å². The van der Waals surface area contributed by atoms with Crippen LogP contribution in [0.2, 0.25) is 0 Å². The molecule has 0 bridgehead atoms. The van der Waals surface area contributed by atoms with Crippen molar-refractivity contribution in [3.05, 3.63) is 35.7 Å². The van der Waals surface area contributed by atoms with E-state index in [1.807, 2.05) is 37.2 Å². The molecule has 0 unspecified atom stereocenters. The molecule has 3 heterocycles. The fraction of sp³-hybridized carbons (Fsp3) is 0.375. The monoisotopic (exact) mass is 313 g/mol. The Morgan fingerprint density at radius 2 is 2.17 bits per heavy atom. The number of anilines is 1. The van der Waals surface area contributed by atoms with Gasteiger partial charge in [-0.1, -0.05) is 6.07 Å². The lowest BCUT2D eigenvalue weighted by atomic mass is 10.0. The van der Waals surface area contributed by atoms with Crippen LogP contribution < -0.4 is 4.90 Å². The van der Waals surface area contributed by atoms with Gasteiger partial charge in [-0.05, 0) is 18.6 Å². The van der Waals surface area contributed by atoms with Crippen LogP contribution in [-0.2, 0) is 17.8 Å². The molecule has 0 atom stereocenters. The van der Waals surface area contributed by atoms with Gasteiger partial charge in [0.25, 0.3) is 0 Å². The minimum Gasteiger partial charge on any atom is -0.387 e. The van der Waals surface area contributed by atoms with E-state index in [0.717, 1.165) is 17.1 Å². The normalized spacial score (nSPS) is 13.6. The summed E-state index contributed by atoms with van der Waals surface area (Å²) in [7, 11) is 3.88. The van der Waals surface area contributed by atoms with E-state index < -0.39 is 6.61 Å². The summed E-state index contributed by atoms with van der Waals surface area (Å²) in [4.78, 5) is 28.9. The van der Waals surface area contributed by atoms with Crippen LogP contribution in [0.15, 0.2) is 24.4 Å². The van der Waals surface area contributed by atoms with E-state index in [0.29, 0.717) is 31.0 Å². The van der Waals surface area contributed by atoms with Gasteiger partial charge in [0, 0.05) is 32.4 Å². The van der Waals surface area contributed by atoms with Gasteiger partial charge in [0.05, 0.1) is 12.2 Å². The number of pyridine rings is 1. The minimum absolute atomic E-state index is 0.278. The molecule has 120 valence electrons. The Balaban J connectivity index is 2.06. The highest BCUT2D eigenvalue weighted by atomic mass is 16.3. The summed E-state index contributed by atoms with van der Waals surface area (Å²) < 4.78 is 0. The molecule has 23 heavy (non-hydrogen) atoms. The third kappa shape index (κ3) is 3.00. The summed E-state index contributed by atoms with van der Waals surface area (Å²) in [6.07, 6.45) is 2.38. The number of fused-ring (bicyclic) bond motifs is 1. The molecule has 1 aliphatic rings. The van der Waals surface area contributed by atoms with Crippen molar-refractivity contribution in [3.8, 4) is 11.5 Å². The molecule has 3 rings (SSSR count). The zero-order valence-corrected chi connectivity index (χ0v) is 13.2. The lowest BCUT2D eigenvalue weighted by Gasteiger charge is -2.30. The quantitative estimate of drug-likeness (QED) is 0.887. The Kier molecular flexibility index (Phi) is 4.20. The summed E-state index contributed by atoms with van der Waals surface area (Å²) in [6, 6.07) is 5.60. The third-order valence-electron chi connectivity index (χ3n) is 3.85. The predicted molar refractivity (Wildman–Crippen MR) is 85.8 cm³/mol. The van der Waals surface area contributed by atoms with Gasteiger partial charge in [-0.2, -0.15) is 0 Å². The fourth-order valence-corrected chi connectivity index (χ4v) is 2.70. The Morgan fingerprint density at radius 1 is 1.35 bits per heavy atom. The van der Waals surface area contributed by atoms with Crippen LogP contribution in [0.3, 0.4) is 0 Å². The molecule has 2 aromatic rings. The van der Waals surface area contributed by atoms with Crippen LogP contribution in [0, 0.1) is 0 Å². The SMILES string of the molecule is CN(C)c1nc(-c2ccccn2)nc2c1CCN(C(=O)CO)C2. The summed E-state index contributed by atoms with van der Waals surface area (Å²) in [5.74, 6) is 1.12. The largest absolute Gasteiger partial charge is 0.387 e. The number of aliphatic hydroxyl groups is 1. The second-order valence-corrected chi connectivity index (χ2v) is 5.63. The first-order chi connectivity index (χ1) is 11.1. The first kappa shape index (κ1) is 15.4. The Labute approximate surface area is 134 Å². The van der Waals surface area contributed by atoms with Crippen molar-refractivity contribution in [2.24, 2.45) is 0 Å². The molecule has 0 saturated heterocycles. The molecule has 0 saturated carbocycles. The minimum atomic E-state index is -0.478. The van der Waals surface area contributed by atoms with Gasteiger partial charge in [0.1, 0.15) is 18.1 Å². The van der Waals surface area contributed by atoms with Crippen LogP contribution in [0.25, 0.3) is 11.5 Å². The Morgan fingerprint density at radius 3 is 2.83 bits per heavy atom. The highest BCUT2D eigenvalue weighted by Gasteiger charge is 2.26. The number of hydrogen-bond donors (Lipinski definition) is 1. The van der Waals surface area contributed by atoms with Crippen LogP contribution in [0.1, 0.15) is 11.3 Å². The lowest BCUT2D eigenvalue weighted by Crippen LogP contribution is -2.38. The average molecular weight is 313 g/mol. The topological polar surface area (TPSA) is 82.5 Å². The maximum absolute atomic E-state index is 11.8. The Bertz CT molecular complexity index is 718. The number of amides is 1. The number of aliphatic hydroxyl groups excluding tert-OH is 1. The van der Waals surface area contributed by atoms with E-state index in [2.05, 4.69) is 15.0 Å². The van der Waals surface area contributed by atoms with Gasteiger partial charge >= 0.3 is 0 Å². The molecule has 1 amide bonds. The van der Waals surface area contributed by atoms with Crippen LogP contribution in [0.4, 0.5) is 5.82 Å². The summed E-state index contributed by atoms with van der Waals surface area (Å²) in [5.41, 5.74) is 2.57. The van der Waals surface area contributed by atoms with Crippen molar-refractivity contribution < 1.29 is 9.90 Å². The highest BCUT2D eigenvalue weighted by Crippen LogP contribution is 2.27. The summed E-state index contributed by atoms with van der Waals surface area (Å²) >= 11 is 0. The molecular weight excluding hydrogens is 294 g/mol. The Hall–Kier alpha value is -2.54. The number of carbonyl (C=O) groups is 1. The molecular formula is C16H19N5O2. The number of rotatable bonds is 3. The maximum atomic E-state index is 11.8. The molecule has 1 N–H and O–H groups in total. The van der Waals surface area contributed by atoms with Crippen molar-refractivity contribution in [1.29, 1.82) is 0 Å². The van der Waals surface area contributed by atoms with Gasteiger partial charge < -0.3 is 14.9 Å². The smallest absolute Gasteiger partial charge is 0.248 e. The van der Waals surface area contributed by atoms with Crippen LogP contribution in [-0.4, -0.2) is 58.1 Å². The van der Waals surface area contributed by atoms with E-state index in [1.165, 1.54) is 0 Å². The zero-order chi connectivity index (χ0) is 16.4. The highest BCUT2D eigenvalue weighted by molar-refractivity contribution is 5.77. The summed E-state index contributed by atoms with van der Waals surface area (Å²) in [5, 5.41) is 9.07. The number of carbonyl (C=O) groups excluding carboxylic acids is 1. The van der Waals surface area contributed by atoms with E-state index in [-0.39, 0.29) is 5.91 Å². The van der Waals surface area contributed by atoms with Crippen molar-refractivity contribution in [1.82, 2.24) is 19.9 Å². The first-order valence-corrected chi connectivity index (χ1v) is 7.47. The molecule has 0 aliphatic carbocycles. The maximum Gasteiger partial charge on any atom is 0.248 e. The third-order valence-corrected chi connectivity index (χ3v) is 3.85. The predicted octanol–water partition coefficient (Wildman–Crippen LogP) is 0.482. The van der Waals surface area contributed by atoms with E-state index in [9.17, 15) is 4.79 Å². The second-order valence-electron chi connectivity index (χ2n) is 5.63. The van der Waals surface area contributed by atoms with Crippen molar-refractivity contribution in [3.63, 3.8) is 0 Å². The van der Waals surface area contributed by atoms with Crippen molar-refractivity contribution >= 4 is 11.7 Å². The van der Waals surface area contributed by atoms with E-state index in [4.69, 9.17) is 5.11 Å². The second kappa shape index (κ2) is 6.29. The average Bonchev–Trinajstić information content (AvgIpc) is 2.60.